The molecule has 0 aliphatic rings. The third-order valence-electron chi connectivity index (χ3n) is 10.7. The van der Waals surface area contributed by atoms with E-state index >= 15 is 0 Å². The minimum atomic E-state index is -0.772. The number of carbonyl (C=O) groups excluding carboxylic acids is 3. The molecule has 0 heterocycles. The second kappa shape index (κ2) is 45.6. The van der Waals surface area contributed by atoms with Crippen LogP contribution in [0.4, 0.5) is 0 Å². The van der Waals surface area contributed by atoms with Crippen LogP contribution in [0.3, 0.4) is 0 Å². The van der Waals surface area contributed by atoms with Crippen LogP contribution >= 0.6 is 0 Å². The largest absolute Gasteiger partial charge is 0.462 e. The van der Waals surface area contributed by atoms with Gasteiger partial charge in [-0.25, -0.2) is 0 Å². The fourth-order valence-electron chi connectivity index (χ4n) is 6.96. The predicted molar refractivity (Wildman–Crippen MR) is 238 cm³/mol. The van der Waals surface area contributed by atoms with Gasteiger partial charge in [-0.1, -0.05) is 193 Å². The van der Waals surface area contributed by atoms with Crippen molar-refractivity contribution >= 4 is 17.9 Å². The van der Waals surface area contributed by atoms with Crippen LogP contribution in [-0.2, 0) is 28.6 Å². The molecule has 328 valence electrons. The van der Waals surface area contributed by atoms with Gasteiger partial charge in [0.1, 0.15) is 13.2 Å². The van der Waals surface area contributed by atoms with Gasteiger partial charge >= 0.3 is 17.9 Å². The highest BCUT2D eigenvalue weighted by Crippen LogP contribution is 2.14. The molecule has 0 saturated heterocycles. The molecule has 0 aromatic carbocycles. The van der Waals surface area contributed by atoms with Crippen molar-refractivity contribution in [3.05, 3.63) is 24.3 Å². The summed E-state index contributed by atoms with van der Waals surface area (Å²) in [4.78, 5) is 37.8. The number of carbonyl (C=O) groups is 3. The van der Waals surface area contributed by atoms with Crippen LogP contribution in [0, 0.1) is 0 Å². The first kappa shape index (κ1) is 53.9. The quantitative estimate of drug-likeness (QED) is 0.0265. The van der Waals surface area contributed by atoms with Crippen LogP contribution < -0.4 is 0 Å². The smallest absolute Gasteiger partial charge is 0.306 e. The molecule has 6 nitrogen and oxygen atoms in total. The molecule has 0 rings (SSSR count). The maximum absolute atomic E-state index is 12.7. The fraction of sp³-hybridized carbons (Fsp3) is 0.860. The number of esters is 3. The summed E-state index contributed by atoms with van der Waals surface area (Å²) < 4.78 is 16.7. The second-order valence-electron chi connectivity index (χ2n) is 16.4. The lowest BCUT2D eigenvalue weighted by Gasteiger charge is -2.18. The van der Waals surface area contributed by atoms with Gasteiger partial charge in [0.25, 0.3) is 0 Å². The topological polar surface area (TPSA) is 78.9 Å². The van der Waals surface area contributed by atoms with E-state index < -0.39 is 6.10 Å². The summed E-state index contributed by atoms with van der Waals surface area (Å²) in [6.07, 6.45) is 50.1. The number of rotatable bonds is 44. The lowest BCUT2D eigenvalue weighted by Crippen LogP contribution is -2.30. The molecule has 0 unspecified atom stereocenters. The molecule has 0 aliphatic heterocycles. The SMILES string of the molecule is CCCCC/C=C\CCCCCCCC(=O)O[C@@H](COC(=O)CCCCCCC/C=C\CCCCCCCCC)COC(=O)CCCCCCCCCCCC. The Labute approximate surface area is 347 Å². The van der Waals surface area contributed by atoms with Crippen molar-refractivity contribution in [1.82, 2.24) is 0 Å². The van der Waals surface area contributed by atoms with E-state index in [4.69, 9.17) is 14.2 Å². The van der Waals surface area contributed by atoms with Gasteiger partial charge in [0.05, 0.1) is 0 Å². The Bertz CT molecular complexity index is 911. The summed E-state index contributed by atoms with van der Waals surface area (Å²) in [5.74, 6) is -0.886. The molecule has 56 heavy (non-hydrogen) atoms. The molecule has 0 saturated carbocycles. The zero-order valence-corrected chi connectivity index (χ0v) is 37.4. The van der Waals surface area contributed by atoms with E-state index in [1.165, 1.54) is 148 Å². The number of unbranched alkanes of at least 4 members (excludes halogenated alkanes) is 29. The van der Waals surface area contributed by atoms with Crippen LogP contribution in [0.2, 0.25) is 0 Å². The summed E-state index contributed by atoms with van der Waals surface area (Å²) in [6.45, 7) is 6.59. The fourth-order valence-corrected chi connectivity index (χ4v) is 6.96. The number of allylic oxidation sites excluding steroid dienone is 4. The van der Waals surface area contributed by atoms with E-state index in [1.54, 1.807) is 0 Å². The van der Waals surface area contributed by atoms with Gasteiger partial charge in [0.2, 0.25) is 0 Å². The van der Waals surface area contributed by atoms with E-state index in [9.17, 15) is 14.4 Å². The normalized spacial score (nSPS) is 12.1. The summed E-state index contributed by atoms with van der Waals surface area (Å²) in [5.41, 5.74) is 0. The molecular weight excluding hydrogens is 697 g/mol. The first-order valence-electron chi connectivity index (χ1n) is 24.3. The molecule has 1 atom stereocenters. The second-order valence-corrected chi connectivity index (χ2v) is 16.4. The van der Waals surface area contributed by atoms with Crippen molar-refractivity contribution in [1.29, 1.82) is 0 Å². The Kier molecular flexibility index (Phi) is 43.9. The monoisotopic (exact) mass is 789 g/mol. The van der Waals surface area contributed by atoms with Crippen LogP contribution in [0.25, 0.3) is 0 Å². The minimum Gasteiger partial charge on any atom is -0.462 e. The van der Waals surface area contributed by atoms with E-state index in [2.05, 4.69) is 45.1 Å². The minimum absolute atomic E-state index is 0.0743. The Morgan fingerprint density at radius 1 is 0.339 bits per heavy atom. The lowest BCUT2D eigenvalue weighted by molar-refractivity contribution is -0.167. The third kappa shape index (κ3) is 43.0. The van der Waals surface area contributed by atoms with Gasteiger partial charge < -0.3 is 14.2 Å². The average Bonchev–Trinajstić information content (AvgIpc) is 3.19. The molecule has 0 amide bonds. The Morgan fingerprint density at radius 3 is 0.929 bits per heavy atom. The number of ether oxygens (including phenoxy) is 3. The molecule has 0 aliphatic carbocycles. The zero-order valence-electron chi connectivity index (χ0n) is 37.4. The average molecular weight is 789 g/mol. The van der Waals surface area contributed by atoms with Crippen LogP contribution in [0.1, 0.15) is 258 Å². The number of hydrogen-bond donors (Lipinski definition) is 0. The van der Waals surface area contributed by atoms with Crippen LogP contribution in [-0.4, -0.2) is 37.2 Å². The predicted octanol–water partition coefficient (Wildman–Crippen LogP) is 15.6. The molecule has 0 spiro atoms. The van der Waals surface area contributed by atoms with Crippen LogP contribution in [0.15, 0.2) is 24.3 Å². The van der Waals surface area contributed by atoms with Crippen LogP contribution in [0.5, 0.6) is 0 Å². The van der Waals surface area contributed by atoms with Gasteiger partial charge in [0, 0.05) is 19.3 Å². The summed E-state index contributed by atoms with van der Waals surface area (Å²) in [5, 5.41) is 0. The van der Waals surface area contributed by atoms with Crippen molar-refractivity contribution in [3.63, 3.8) is 0 Å². The maximum Gasteiger partial charge on any atom is 0.306 e. The molecule has 6 heteroatoms. The first-order chi connectivity index (χ1) is 27.5. The molecule has 0 N–H and O–H groups in total. The molecular formula is C50H92O6. The molecule has 0 radical (unpaired) electrons. The summed E-state index contributed by atoms with van der Waals surface area (Å²) in [7, 11) is 0. The lowest BCUT2D eigenvalue weighted by atomic mass is 10.1. The Morgan fingerprint density at radius 2 is 0.589 bits per heavy atom. The van der Waals surface area contributed by atoms with Crippen molar-refractivity contribution < 1.29 is 28.6 Å². The molecule has 0 fully saturated rings. The van der Waals surface area contributed by atoms with Crippen molar-refractivity contribution in [2.24, 2.45) is 0 Å². The van der Waals surface area contributed by atoms with E-state index in [0.29, 0.717) is 19.3 Å². The standard InChI is InChI=1S/C50H92O6/c1-4-7-10-13-16-19-22-24-25-26-27-29-31-34-37-40-43-49(52)55-46-47(45-54-48(51)42-39-36-33-30-21-18-15-12-9-6-3)56-50(53)44-41-38-35-32-28-23-20-17-14-11-8-5-2/h17,20,25-26,47H,4-16,18-19,21-24,27-46H2,1-3H3/b20-17-,26-25-/t47-/m1/s1. The Balaban J connectivity index is 4.34. The van der Waals surface area contributed by atoms with E-state index in [0.717, 1.165) is 70.6 Å². The van der Waals surface area contributed by atoms with Crippen molar-refractivity contribution in [2.45, 2.75) is 264 Å². The van der Waals surface area contributed by atoms with Gasteiger partial charge in [-0.2, -0.15) is 0 Å². The molecule has 0 aromatic rings. The molecule has 0 bridgehead atoms. The highest BCUT2D eigenvalue weighted by molar-refractivity contribution is 5.71. The van der Waals surface area contributed by atoms with Crippen molar-refractivity contribution in [2.75, 3.05) is 13.2 Å². The summed E-state index contributed by atoms with van der Waals surface area (Å²) in [6, 6.07) is 0. The first-order valence-corrected chi connectivity index (χ1v) is 24.3. The highest BCUT2D eigenvalue weighted by Gasteiger charge is 2.19. The molecule has 0 aromatic heterocycles. The van der Waals surface area contributed by atoms with Crippen molar-refractivity contribution in [3.8, 4) is 0 Å². The third-order valence-corrected chi connectivity index (χ3v) is 10.7. The highest BCUT2D eigenvalue weighted by atomic mass is 16.6. The van der Waals surface area contributed by atoms with Gasteiger partial charge in [-0.3, -0.25) is 14.4 Å². The van der Waals surface area contributed by atoms with Gasteiger partial charge in [-0.05, 0) is 70.6 Å². The maximum atomic E-state index is 12.7. The Hall–Kier alpha value is -2.11. The van der Waals surface area contributed by atoms with E-state index in [-0.39, 0.29) is 31.1 Å². The summed E-state index contributed by atoms with van der Waals surface area (Å²) >= 11 is 0. The van der Waals surface area contributed by atoms with E-state index in [1.807, 2.05) is 0 Å². The number of hydrogen-bond acceptors (Lipinski definition) is 6. The van der Waals surface area contributed by atoms with Gasteiger partial charge in [0.15, 0.2) is 6.10 Å². The van der Waals surface area contributed by atoms with Gasteiger partial charge in [-0.15, -0.1) is 0 Å². The zero-order chi connectivity index (χ0) is 40.8.